The smallest absolute Gasteiger partial charge is 0.260 e. The van der Waals surface area contributed by atoms with Gasteiger partial charge in [0.2, 0.25) is 0 Å². The molecule has 0 spiro atoms. The van der Waals surface area contributed by atoms with Crippen LogP contribution in [0.25, 0.3) is 0 Å². The molecule has 0 aliphatic rings. The summed E-state index contributed by atoms with van der Waals surface area (Å²) in [5.41, 5.74) is 1.04. The lowest BCUT2D eigenvalue weighted by atomic mass is 10.1. The lowest BCUT2D eigenvalue weighted by Gasteiger charge is -2.15. The molecule has 0 heterocycles. The van der Waals surface area contributed by atoms with Gasteiger partial charge >= 0.3 is 0 Å². The number of ether oxygens (including phenoxy) is 2. The fourth-order valence-electron chi connectivity index (χ4n) is 1.87. The highest BCUT2D eigenvalue weighted by Crippen LogP contribution is 2.15. The Hall–Kier alpha value is -1.59. The number of rotatable bonds is 9. The Kier molecular flexibility index (Phi) is 7.79. The van der Waals surface area contributed by atoms with E-state index in [0.717, 1.165) is 12.0 Å². The van der Waals surface area contributed by atoms with Crippen LogP contribution >= 0.6 is 0 Å². The number of benzene rings is 1. The highest BCUT2D eigenvalue weighted by atomic mass is 16.5. The van der Waals surface area contributed by atoms with Crippen molar-refractivity contribution in [3.05, 3.63) is 29.8 Å². The molecule has 0 saturated heterocycles. The molecule has 0 aliphatic carbocycles. The standard InChI is InChI=1S/C16H25NO4/c1-12(18)11-14-5-7-15(8-6-14)21-13(2)16(19)17-9-4-10-20-3/h5-8,12-13,18H,4,9-11H2,1-3H3,(H,17,19). The topological polar surface area (TPSA) is 67.8 Å². The van der Waals surface area contributed by atoms with Gasteiger partial charge in [-0.1, -0.05) is 12.1 Å². The van der Waals surface area contributed by atoms with Crippen LogP contribution in [0.5, 0.6) is 5.75 Å². The average molecular weight is 295 g/mol. The van der Waals surface area contributed by atoms with Crippen molar-refractivity contribution >= 4 is 5.91 Å². The van der Waals surface area contributed by atoms with Gasteiger partial charge in [-0.3, -0.25) is 4.79 Å². The number of aliphatic hydroxyl groups is 1. The minimum Gasteiger partial charge on any atom is -0.481 e. The summed E-state index contributed by atoms with van der Waals surface area (Å²) in [5.74, 6) is 0.503. The van der Waals surface area contributed by atoms with Crippen LogP contribution in [0, 0.1) is 0 Å². The van der Waals surface area contributed by atoms with Crippen molar-refractivity contribution in [1.82, 2.24) is 5.32 Å². The monoisotopic (exact) mass is 295 g/mol. The zero-order valence-corrected chi connectivity index (χ0v) is 13.0. The SMILES string of the molecule is COCCCNC(=O)C(C)Oc1ccc(CC(C)O)cc1. The van der Waals surface area contributed by atoms with Crippen LogP contribution in [0.15, 0.2) is 24.3 Å². The molecular formula is C16H25NO4. The normalized spacial score (nSPS) is 13.5. The molecule has 5 nitrogen and oxygen atoms in total. The molecule has 0 bridgehead atoms. The van der Waals surface area contributed by atoms with E-state index in [-0.39, 0.29) is 12.0 Å². The molecule has 0 saturated carbocycles. The number of methoxy groups -OCH3 is 1. The molecule has 1 aromatic carbocycles. The molecule has 0 aliphatic heterocycles. The number of carbonyl (C=O) groups excluding carboxylic acids is 1. The maximum atomic E-state index is 11.8. The minimum atomic E-state index is -0.546. The molecule has 1 aromatic rings. The van der Waals surface area contributed by atoms with Crippen molar-refractivity contribution in [2.45, 2.75) is 38.9 Å². The molecule has 21 heavy (non-hydrogen) atoms. The van der Waals surface area contributed by atoms with Gasteiger partial charge in [0.1, 0.15) is 5.75 Å². The molecule has 0 radical (unpaired) electrons. The Labute approximate surface area is 126 Å². The van der Waals surface area contributed by atoms with E-state index >= 15 is 0 Å². The first-order chi connectivity index (χ1) is 10.0. The molecule has 0 fully saturated rings. The van der Waals surface area contributed by atoms with Gasteiger partial charge in [0.05, 0.1) is 6.10 Å². The second-order valence-corrected chi connectivity index (χ2v) is 5.09. The van der Waals surface area contributed by atoms with Crippen molar-refractivity contribution in [1.29, 1.82) is 0 Å². The molecule has 0 aromatic heterocycles. The largest absolute Gasteiger partial charge is 0.481 e. The zero-order valence-electron chi connectivity index (χ0n) is 13.0. The minimum absolute atomic E-state index is 0.140. The van der Waals surface area contributed by atoms with Crippen LogP contribution in [0.4, 0.5) is 0 Å². The van der Waals surface area contributed by atoms with Crippen molar-refractivity contribution in [3.63, 3.8) is 0 Å². The predicted octanol–water partition coefficient (Wildman–Crippen LogP) is 1.53. The lowest BCUT2D eigenvalue weighted by Crippen LogP contribution is -2.37. The third-order valence-electron chi connectivity index (χ3n) is 2.96. The number of amides is 1. The van der Waals surface area contributed by atoms with Crippen LogP contribution in [0.1, 0.15) is 25.8 Å². The first-order valence-electron chi connectivity index (χ1n) is 7.23. The summed E-state index contributed by atoms with van der Waals surface area (Å²) >= 11 is 0. The summed E-state index contributed by atoms with van der Waals surface area (Å²) in [5, 5.41) is 12.1. The fourth-order valence-corrected chi connectivity index (χ4v) is 1.87. The van der Waals surface area contributed by atoms with E-state index in [1.807, 2.05) is 24.3 Å². The van der Waals surface area contributed by atoms with Crippen LogP contribution in [0.2, 0.25) is 0 Å². The summed E-state index contributed by atoms with van der Waals surface area (Å²) in [6.07, 6.45) is 0.475. The molecule has 2 N–H and O–H groups in total. The quantitative estimate of drug-likeness (QED) is 0.678. The van der Waals surface area contributed by atoms with Crippen molar-refractivity contribution < 1.29 is 19.4 Å². The molecule has 5 heteroatoms. The highest BCUT2D eigenvalue weighted by Gasteiger charge is 2.13. The van der Waals surface area contributed by atoms with Gasteiger partial charge in [0.25, 0.3) is 5.91 Å². The fraction of sp³-hybridized carbons (Fsp3) is 0.562. The average Bonchev–Trinajstić information content (AvgIpc) is 2.45. The van der Waals surface area contributed by atoms with E-state index in [0.29, 0.717) is 25.3 Å². The number of carbonyl (C=O) groups is 1. The van der Waals surface area contributed by atoms with E-state index in [4.69, 9.17) is 9.47 Å². The first-order valence-corrected chi connectivity index (χ1v) is 7.23. The van der Waals surface area contributed by atoms with Gasteiger partial charge < -0.3 is 19.9 Å². The maximum Gasteiger partial charge on any atom is 0.260 e. The Bertz CT molecular complexity index is 417. The summed E-state index contributed by atoms with van der Waals surface area (Å²) in [6.45, 7) is 4.67. The number of nitrogens with one attached hydrogen (secondary N) is 1. The summed E-state index contributed by atoms with van der Waals surface area (Å²) in [6, 6.07) is 7.41. The summed E-state index contributed by atoms with van der Waals surface area (Å²) in [7, 11) is 1.63. The molecular weight excluding hydrogens is 270 g/mol. The number of hydrogen-bond acceptors (Lipinski definition) is 4. The van der Waals surface area contributed by atoms with Crippen LogP contribution in [0.3, 0.4) is 0 Å². The van der Waals surface area contributed by atoms with E-state index < -0.39 is 6.10 Å². The van der Waals surface area contributed by atoms with Crippen LogP contribution in [-0.2, 0) is 16.0 Å². The Morgan fingerprint density at radius 3 is 2.52 bits per heavy atom. The van der Waals surface area contributed by atoms with Gasteiger partial charge in [-0.25, -0.2) is 0 Å². The van der Waals surface area contributed by atoms with E-state index in [9.17, 15) is 9.90 Å². The van der Waals surface area contributed by atoms with Gasteiger partial charge in [0.15, 0.2) is 6.10 Å². The third kappa shape index (κ3) is 7.11. The van der Waals surface area contributed by atoms with Gasteiger partial charge in [0, 0.05) is 20.3 Å². The number of aliphatic hydroxyl groups excluding tert-OH is 1. The maximum absolute atomic E-state index is 11.8. The molecule has 2 unspecified atom stereocenters. The van der Waals surface area contributed by atoms with E-state index in [1.165, 1.54) is 0 Å². The van der Waals surface area contributed by atoms with Crippen molar-refractivity contribution in [2.24, 2.45) is 0 Å². The lowest BCUT2D eigenvalue weighted by molar-refractivity contribution is -0.127. The Morgan fingerprint density at radius 2 is 1.95 bits per heavy atom. The zero-order chi connectivity index (χ0) is 15.7. The van der Waals surface area contributed by atoms with Crippen molar-refractivity contribution in [3.8, 4) is 5.75 Å². The summed E-state index contributed by atoms with van der Waals surface area (Å²) < 4.78 is 10.5. The van der Waals surface area contributed by atoms with Gasteiger partial charge in [-0.05, 0) is 44.4 Å². The molecule has 1 rings (SSSR count). The van der Waals surface area contributed by atoms with Crippen LogP contribution in [-0.4, -0.2) is 43.5 Å². The summed E-state index contributed by atoms with van der Waals surface area (Å²) in [4.78, 5) is 11.8. The van der Waals surface area contributed by atoms with Gasteiger partial charge in [-0.15, -0.1) is 0 Å². The van der Waals surface area contributed by atoms with Crippen molar-refractivity contribution in [2.75, 3.05) is 20.3 Å². The molecule has 2 atom stereocenters. The van der Waals surface area contributed by atoms with Gasteiger partial charge in [-0.2, -0.15) is 0 Å². The number of hydrogen-bond donors (Lipinski definition) is 2. The first kappa shape index (κ1) is 17.5. The highest BCUT2D eigenvalue weighted by molar-refractivity contribution is 5.80. The second kappa shape index (κ2) is 9.37. The third-order valence-corrected chi connectivity index (χ3v) is 2.96. The molecule has 1 amide bonds. The van der Waals surface area contributed by atoms with Crippen LogP contribution < -0.4 is 10.1 Å². The predicted molar refractivity (Wildman–Crippen MR) is 81.4 cm³/mol. The van der Waals surface area contributed by atoms with E-state index in [2.05, 4.69) is 5.32 Å². The Morgan fingerprint density at radius 1 is 1.29 bits per heavy atom. The second-order valence-electron chi connectivity index (χ2n) is 5.09. The molecule has 118 valence electrons. The Balaban J connectivity index is 2.39. The van der Waals surface area contributed by atoms with E-state index in [1.54, 1.807) is 21.0 Å².